The third-order valence-corrected chi connectivity index (χ3v) is 4.40. The average molecular weight is 438 g/mol. The van der Waals surface area contributed by atoms with Gasteiger partial charge in [-0.15, -0.1) is 0 Å². The molecule has 0 aliphatic heterocycles. The Morgan fingerprint density at radius 2 is 2.03 bits per heavy atom. The number of hydrogen-bond donors (Lipinski definition) is 2. The number of alkyl halides is 3. The summed E-state index contributed by atoms with van der Waals surface area (Å²) in [7, 11) is 0. The third kappa shape index (κ3) is 5.53. The number of nitrogens with one attached hydrogen (secondary N) is 2. The van der Waals surface area contributed by atoms with Gasteiger partial charge in [-0.3, -0.25) is 19.0 Å². The molecule has 3 aromatic rings. The summed E-state index contributed by atoms with van der Waals surface area (Å²) in [6, 6.07) is 4.32. The smallest absolute Gasteiger partial charge is 0.435 e. The molecule has 0 radical (unpaired) electrons. The molecule has 0 spiro atoms. The van der Waals surface area contributed by atoms with Crippen molar-refractivity contribution in [1.29, 1.82) is 0 Å². The summed E-state index contributed by atoms with van der Waals surface area (Å²) >= 11 is 0. The molecule has 166 valence electrons. The van der Waals surface area contributed by atoms with Crippen LogP contribution in [-0.2, 0) is 30.6 Å². The van der Waals surface area contributed by atoms with Crippen LogP contribution in [0.5, 0.6) is 0 Å². The van der Waals surface area contributed by atoms with Crippen molar-refractivity contribution < 1.29 is 27.2 Å². The summed E-state index contributed by atoms with van der Waals surface area (Å²) < 4.78 is 46.1. The van der Waals surface area contributed by atoms with E-state index >= 15 is 0 Å². The van der Waals surface area contributed by atoms with E-state index in [-0.39, 0.29) is 36.6 Å². The molecule has 0 saturated heterocycles. The van der Waals surface area contributed by atoms with Crippen LogP contribution in [-0.4, -0.2) is 31.4 Å². The summed E-state index contributed by atoms with van der Waals surface area (Å²) in [5.74, 6) is -0.433. The second-order valence-electron chi connectivity index (χ2n) is 6.70. The summed E-state index contributed by atoms with van der Waals surface area (Å²) in [5.41, 5.74) is -0.490. The minimum absolute atomic E-state index is 0.0244. The minimum atomic E-state index is -4.55. The van der Waals surface area contributed by atoms with E-state index in [4.69, 9.17) is 4.42 Å². The highest BCUT2D eigenvalue weighted by molar-refractivity contribution is 6.02. The first kappa shape index (κ1) is 22.1. The lowest BCUT2D eigenvalue weighted by Crippen LogP contribution is -2.25. The van der Waals surface area contributed by atoms with Crippen LogP contribution in [0.2, 0.25) is 0 Å². The van der Waals surface area contributed by atoms with Gasteiger partial charge in [-0.1, -0.05) is 0 Å². The van der Waals surface area contributed by atoms with Crippen molar-refractivity contribution in [3.63, 3.8) is 0 Å². The Labute approximate surface area is 175 Å². The van der Waals surface area contributed by atoms with Crippen LogP contribution in [0.4, 0.5) is 18.9 Å². The Hall–Kier alpha value is -3.57. The molecular weight excluding hydrogens is 417 g/mol. The van der Waals surface area contributed by atoms with Gasteiger partial charge in [0.1, 0.15) is 5.76 Å². The number of halogens is 3. The van der Waals surface area contributed by atoms with E-state index in [1.165, 1.54) is 24.1 Å². The molecule has 0 aromatic carbocycles. The Balaban J connectivity index is 1.63. The minimum Gasteiger partial charge on any atom is -0.467 e. The van der Waals surface area contributed by atoms with Gasteiger partial charge in [-0.05, 0) is 32.0 Å². The molecule has 0 bridgehead atoms. The van der Waals surface area contributed by atoms with Crippen molar-refractivity contribution in [2.24, 2.45) is 0 Å². The van der Waals surface area contributed by atoms with Crippen LogP contribution in [0.25, 0.3) is 0 Å². The first-order valence-corrected chi connectivity index (χ1v) is 9.47. The highest BCUT2D eigenvalue weighted by Crippen LogP contribution is 2.28. The lowest BCUT2D eigenvalue weighted by Gasteiger charge is -2.07. The average Bonchev–Trinajstić information content (AvgIpc) is 3.44. The molecule has 31 heavy (non-hydrogen) atoms. The highest BCUT2D eigenvalue weighted by atomic mass is 19.4. The lowest BCUT2D eigenvalue weighted by atomic mass is 10.3. The van der Waals surface area contributed by atoms with E-state index in [2.05, 4.69) is 20.8 Å². The Morgan fingerprint density at radius 1 is 1.26 bits per heavy atom. The van der Waals surface area contributed by atoms with Crippen molar-refractivity contribution in [1.82, 2.24) is 24.9 Å². The van der Waals surface area contributed by atoms with Gasteiger partial charge in [0, 0.05) is 31.4 Å². The lowest BCUT2D eigenvalue weighted by molar-refractivity contribution is -0.141. The maximum absolute atomic E-state index is 12.8. The van der Waals surface area contributed by atoms with Crippen LogP contribution in [0, 0.1) is 6.92 Å². The number of aromatic nitrogens is 4. The summed E-state index contributed by atoms with van der Waals surface area (Å²) in [6.07, 6.45) is -1.69. The van der Waals surface area contributed by atoms with Crippen molar-refractivity contribution in [3.05, 3.63) is 53.5 Å². The maximum atomic E-state index is 12.8. The van der Waals surface area contributed by atoms with Gasteiger partial charge < -0.3 is 15.1 Å². The molecule has 0 fully saturated rings. The van der Waals surface area contributed by atoms with E-state index in [1.807, 2.05) is 6.92 Å². The number of hydrogen-bond acceptors (Lipinski definition) is 5. The van der Waals surface area contributed by atoms with Crippen molar-refractivity contribution in [3.8, 4) is 0 Å². The molecule has 9 nitrogen and oxygen atoms in total. The Kier molecular flexibility index (Phi) is 6.47. The van der Waals surface area contributed by atoms with Gasteiger partial charge >= 0.3 is 6.18 Å². The number of rotatable bonds is 8. The van der Waals surface area contributed by atoms with Gasteiger partial charge in [0.25, 0.3) is 5.91 Å². The van der Waals surface area contributed by atoms with Gasteiger partial charge in [0.15, 0.2) is 11.4 Å². The zero-order valence-corrected chi connectivity index (χ0v) is 16.9. The van der Waals surface area contributed by atoms with Crippen LogP contribution >= 0.6 is 0 Å². The van der Waals surface area contributed by atoms with E-state index in [0.29, 0.717) is 12.3 Å². The molecule has 2 N–H and O–H groups in total. The van der Waals surface area contributed by atoms with E-state index in [9.17, 15) is 22.8 Å². The highest BCUT2D eigenvalue weighted by Gasteiger charge is 2.34. The summed E-state index contributed by atoms with van der Waals surface area (Å²) in [5, 5.41) is 12.9. The molecule has 0 aliphatic rings. The molecular formula is C19H21F3N6O3. The second-order valence-corrected chi connectivity index (χ2v) is 6.70. The van der Waals surface area contributed by atoms with Crippen LogP contribution < -0.4 is 10.6 Å². The summed E-state index contributed by atoms with van der Waals surface area (Å²) in [6.45, 7) is 3.88. The van der Waals surface area contributed by atoms with E-state index in [1.54, 1.807) is 12.1 Å². The van der Waals surface area contributed by atoms with E-state index < -0.39 is 23.7 Å². The number of furan rings is 1. The van der Waals surface area contributed by atoms with Gasteiger partial charge in [-0.25, -0.2) is 0 Å². The van der Waals surface area contributed by atoms with Crippen LogP contribution in [0.15, 0.2) is 35.1 Å². The number of carbonyl (C=O) groups is 2. The van der Waals surface area contributed by atoms with Gasteiger partial charge in [0.05, 0.1) is 18.5 Å². The van der Waals surface area contributed by atoms with Gasteiger partial charge in [-0.2, -0.15) is 23.4 Å². The maximum Gasteiger partial charge on any atom is 0.435 e. The van der Waals surface area contributed by atoms with Crippen LogP contribution in [0.1, 0.15) is 41.0 Å². The van der Waals surface area contributed by atoms with Crippen LogP contribution in [0.3, 0.4) is 0 Å². The van der Waals surface area contributed by atoms with Crippen molar-refractivity contribution in [2.45, 2.75) is 46.1 Å². The second kappa shape index (κ2) is 9.06. The predicted octanol–water partition coefficient (Wildman–Crippen LogP) is 2.98. The molecule has 0 unspecified atom stereocenters. The standard InChI is InChI=1S/C19H21F3N6O3/c1-3-27-11-14(17(26-27)18(30)23-10-13-5-4-8-31-13)24-16(29)6-7-28-12(2)9-15(25-28)19(20,21)22/h4-5,8-9,11H,3,6-7,10H2,1-2H3,(H,23,30)(H,24,29). The molecule has 12 heteroatoms. The number of amides is 2. The topological polar surface area (TPSA) is 107 Å². The molecule has 3 aromatic heterocycles. The molecule has 0 saturated carbocycles. The zero-order valence-electron chi connectivity index (χ0n) is 16.9. The Morgan fingerprint density at radius 3 is 2.65 bits per heavy atom. The molecule has 2 amide bonds. The molecule has 0 atom stereocenters. The third-order valence-electron chi connectivity index (χ3n) is 4.40. The monoisotopic (exact) mass is 438 g/mol. The summed E-state index contributed by atoms with van der Waals surface area (Å²) in [4.78, 5) is 24.9. The first-order valence-electron chi connectivity index (χ1n) is 9.47. The fraction of sp³-hybridized carbons (Fsp3) is 0.368. The predicted molar refractivity (Wildman–Crippen MR) is 103 cm³/mol. The quantitative estimate of drug-likeness (QED) is 0.562. The SMILES string of the molecule is CCn1cc(NC(=O)CCn2nc(C(F)(F)F)cc2C)c(C(=O)NCc2ccco2)n1. The molecule has 0 aliphatic carbocycles. The fourth-order valence-corrected chi connectivity index (χ4v) is 2.80. The largest absolute Gasteiger partial charge is 0.467 e. The van der Waals surface area contributed by atoms with Crippen molar-refractivity contribution >= 4 is 17.5 Å². The van der Waals surface area contributed by atoms with Crippen molar-refractivity contribution in [2.75, 3.05) is 5.32 Å². The van der Waals surface area contributed by atoms with E-state index in [0.717, 1.165) is 10.7 Å². The van der Waals surface area contributed by atoms with Gasteiger partial charge in [0.2, 0.25) is 5.91 Å². The molecule has 3 rings (SSSR count). The fourth-order valence-electron chi connectivity index (χ4n) is 2.80. The number of nitrogens with zero attached hydrogens (tertiary/aromatic N) is 4. The Bertz CT molecular complexity index is 1050. The zero-order chi connectivity index (χ0) is 22.6. The normalized spacial score (nSPS) is 11.5. The number of aryl methyl sites for hydroxylation is 3. The molecule has 3 heterocycles. The first-order chi connectivity index (χ1) is 14.7. The number of carbonyl (C=O) groups excluding carboxylic acids is 2. The number of anilines is 1.